The Labute approximate surface area is 114 Å². The summed E-state index contributed by atoms with van der Waals surface area (Å²) < 4.78 is 5.22. The minimum absolute atomic E-state index is 0.102. The lowest BCUT2D eigenvalue weighted by Gasteiger charge is -2.10. The molecule has 0 amide bonds. The molecule has 20 heavy (non-hydrogen) atoms. The first-order chi connectivity index (χ1) is 9.75. The van der Waals surface area contributed by atoms with E-state index in [0.29, 0.717) is 28.9 Å². The van der Waals surface area contributed by atoms with Crippen molar-refractivity contribution in [3.63, 3.8) is 0 Å². The van der Waals surface area contributed by atoms with E-state index in [2.05, 4.69) is 15.5 Å². The molecule has 6 nitrogen and oxygen atoms in total. The van der Waals surface area contributed by atoms with Crippen molar-refractivity contribution in [3.05, 3.63) is 54.1 Å². The highest BCUT2D eigenvalue weighted by Crippen LogP contribution is 2.24. The van der Waals surface area contributed by atoms with Gasteiger partial charge in [0.05, 0.1) is 24.0 Å². The first kappa shape index (κ1) is 12.2. The van der Waals surface area contributed by atoms with E-state index in [9.17, 15) is 9.90 Å². The van der Waals surface area contributed by atoms with Crippen LogP contribution in [0.5, 0.6) is 0 Å². The number of furan rings is 1. The average molecular weight is 269 g/mol. The standard InChI is InChI=1S/C14H11N3O3/c18-14(19)13-12(15-8-9-4-3-7-20-9)10-5-1-2-6-11(10)16-17-13/h1-7H,8H2,(H,15,16)(H,18,19). The van der Waals surface area contributed by atoms with Gasteiger partial charge in [0.15, 0.2) is 5.69 Å². The molecule has 100 valence electrons. The number of nitrogens with zero attached hydrogens (tertiary/aromatic N) is 2. The fourth-order valence-electron chi connectivity index (χ4n) is 1.97. The highest BCUT2D eigenvalue weighted by Gasteiger charge is 2.16. The van der Waals surface area contributed by atoms with Gasteiger partial charge in [0.1, 0.15) is 5.76 Å². The molecule has 0 radical (unpaired) electrons. The third-order valence-electron chi connectivity index (χ3n) is 2.89. The van der Waals surface area contributed by atoms with Crippen LogP contribution in [0.15, 0.2) is 47.1 Å². The molecule has 0 spiro atoms. The van der Waals surface area contributed by atoms with Crippen molar-refractivity contribution in [3.8, 4) is 0 Å². The number of carboxylic acids is 1. The second-order valence-corrected chi connectivity index (χ2v) is 4.18. The molecule has 0 bridgehead atoms. The van der Waals surface area contributed by atoms with E-state index in [1.807, 2.05) is 18.2 Å². The van der Waals surface area contributed by atoms with Crippen molar-refractivity contribution >= 4 is 22.6 Å². The first-order valence-electron chi connectivity index (χ1n) is 6.00. The summed E-state index contributed by atoms with van der Waals surface area (Å²) in [6.45, 7) is 0.378. The van der Waals surface area contributed by atoms with Gasteiger partial charge in [0, 0.05) is 5.39 Å². The summed E-state index contributed by atoms with van der Waals surface area (Å²) in [5, 5.41) is 20.7. The first-order valence-corrected chi connectivity index (χ1v) is 6.00. The number of hydrogen-bond acceptors (Lipinski definition) is 5. The van der Waals surface area contributed by atoms with E-state index in [1.54, 1.807) is 24.5 Å². The quantitative estimate of drug-likeness (QED) is 0.756. The molecule has 3 rings (SSSR count). The molecule has 6 heteroatoms. The van der Waals surface area contributed by atoms with Crippen molar-refractivity contribution < 1.29 is 14.3 Å². The van der Waals surface area contributed by atoms with Crippen LogP contribution in [0.1, 0.15) is 16.2 Å². The molecule has 1 aromatic carbocycles. The Morgan fingerprint density at radius 2 is 2.05 bits per heavy atom. The van der Waals surface area contributed by atoms with Gasteiger partial charge in [-0.3, -0.25) is 0 Å². The minimum atomic E-state index is -1.12. The van der Waals surface area contributed by atoms with Gasteiger partial charge in [-0.1, -0.05) is 18.2 Å². The van der Waals surface area contributed by atoms with E-state index in [4.69, 9.17) is 4.42 Å². The summed E-state index contributed by atoms with van der Waals surface area (Å²) in [5.74, 6) is -0.410. The number of rotatable bonds is 4. The molecule has 0 atom stereocenters. The lowest BCUT2D eigenvalue weighted by molar-refractivity contribution is 0.0690. The summed E-state index contributed by atoms with van der Waals surface area (Å²) in [7, 11) is 0. The number of carbonyl (C=O) groups is 1. The average Bonchev–Trinajstić information content (AvgIpc) is 2.97. The van der Waals surface area contributed by atoms with Crippen LogP contribution in [0, 0.1) is 0 Å². The van der Waals surface area contributed by atoms with E-state index in [1.165, 1.54) is 0 Å². The van der Waals surface area contributed by atoms with Gasteiger partial charge in [0.2, 0.25) is 0 Å². The summed E-state index contributed by atoms with van der Waals surface area (Å²) in [6, 6.07) is 10.8. The molecular formula is C14H11N3O3. The zero-order valence-electron chi connectivity index (χ0n) is 10.4. The van der Waals surface area contributed by atoms with E-state index in [-0.39, 0.29) is 5.69 Å². The highest BCUT2D eigenvalue weighted by molar-refractivity contribution is 6.02. The number of carboxylic acid groups (broad SMARTS) is 1. The van der Waals surface area contributed by atoms with Crippen molar-refractivity contribution in [2.24, 2.45) is 0 Å². The second-order valence-electron chi connectivity index (χ2n) is 4.18. The van der Waals surface area contributed by atoms with Gasteiger partial charge in [-0.15, -0.1) is 10.2 Å². The largest absolute Gasteiger partial charge is 0.476 e. The monoisotopic (exact) mass is 269 g/mol. The molecule has 2 heterocycles. The van der Waals surface area contributed by atoms with Crippen LogP contribution in [0.4, 0.5) is 5.69 Å². The topological polar surface area (TPSA) is 88.2 Å². The Balaban J connectivity index is 2.05. The normalized spacial score (nSPS) is 10.6. The number of aromatic nitrogens is 2. The maximum Gasteiger partial charge on any atom is 0.358 e. The number of anilines is 1. The van der Waals surface area contributed by atoms with E-state index < -0.39 is 5.97 Å². The Kier molecular flexibility index (Phi) is 3.04. The predicted molar refractivity (Wildman–Crippen MR) is 72.5 cm³/mol. The van der Waals surface area contributed by atoms with E-state index >= 15 is 0 Å². The fraction of sp³-hybridized carbons (Fsp3) is 0.0714. The fourth-order valence-corrected chi connectivity index (χ4v) is 1.97. The van der Waals surface area contributed by atoms with Crippen LogP contribution in [-0.2, 0) is 6.54 Å². The maximum absolute atomic E-state index is 11.3. The molecule has 0 aliphatic heterocycles. The van der Waals surface area contributed by atoms with Crippen molar-refractivity contribution in [1.29, 1.82) is 0 Å². The smallest absolute Gasteiger partial charge is 0.358 e. The van der Waals surface area contributed by atoms with Crippen molar-refractivity contribution in [1.82, 2.24) is 10.2 Å². The predicted octanol–water partition coefficient (Wildman–Crippen LogP) is 2.53. The van der Waals surface area contributed by atoms with Gasteiger partial charge >= 0.3 is 5.97 Å². The van der Waals surface area contributed by atoms with Gasteiger partial charge in [-0.25, -0.2) is 4.79 Å². The van der Waals surface area contributed by atoms with Crippen LogP contribution in [0.3, 0.4) is 0 Å². The molecule has 2 aromatic heterocycles. The maximum atomic E-state index is 11.3. The minimum Gasteiger partial charge on any atom is -0.476 e. The summed E-state index contributed by atoms with van der Waals surface area (Å²) in [5.41, 5.74) is 0.981. The third-order valence-corrected chi connectivity index (χ3v) is 2.89. The number of fused-ring (bicyclic) bond motifs is 1. The molecule has 3 aromatic rings. The highest BCUT2D eigenvalue weighted by atomic mass is 16.4. The number of nitrogens with one attached hydrogen (secondary N) is 1. The van der Waals surface area contributed by atoms with Crippen LogP contribution in [-0.4, -0.2) is 21.3 Å². The molecule has 0 fully saturated rings. The van der Waals surface area contributed by atoms with Gasteiger partial charge < -0.3 is 14.8 Å². The Bertz CT molecular complexity index is 753. The molecule has 0 saturated heterocycles. The zero-order valence-corrected chi connectivity index (χ0v) is 10.4. The van der Waals surface area contributed by atoms with Crippen LogP contribution in [0.2, 0.25) is 0 Å². The van der Waals surface area contributed by atoms with Crippen LogP contribution < -0.4 is 5.32 Å². The Morgan fingerprint density at radius 1 is 1.20 bits per heavy atom. The molecule has 0 aliphatic carbocycles. The van der Waals surface area contributed by atoms with Crippen LogP contribution in [0.25, 0.3) is 10.9 Å². The summed E-state index contributed by atoms with van der Waals surface area (Å²) in [6.07, 6.45) is 1.57. The third kappa shape index (κ3) is 2.18. The van der Waals surface area contributed by atoms with Crippen molar-refractivity contribution in [2.75, 3.05) is 5.32 Å². The van der Waals surface area contributed by atoms with Crippen molar-refractivity contribution in [2.45, 2.75) is 6.54 Å². The van der Waals surface area contributed by atoms with Gasteiger partial charge in [-0.05, 0) is 18.2 Å². The Hall–Kier alpha value is -2.89. The molecule has 2 N–H and O–H groups in total. The second kappa shape index (κ2) is 5.00. The SMILES string of the molecule is O=C(O)c1nnc2ccccc2c1NCc1ccco1. The molecular weight excluding hydrogens is 258 g/mol. The summed E-state index contributed by atoms with van der Waals surface area (Å²) >= 11 is 0. The molecule has 0 unspecified atom stereocenters. The van der Waals surface area contributed by atoms with Crippen LogP contribution >= 0.6 is 0 Å². The summed E-state index contributed by atoms with van der Waals surface area (Å²) in [4.78, 5) is 11.3. The van der Waals surface area contributed by atoms with Gasteiger partial charge in [-0.2, -0.15) is 0 Å². The van der Waals surface area contributed by atoms with Gasteiger partial charge in [0.25, 0.3) is 0 Å². The lowest BCUT2D eigenvalue weighted by atomic mass is 10.1. The zero-order chi connectivity index (χ0) is 13.9. The molecule has 0 saturated carbocycles. The number of hydrogen-bond donors (Lipinski definition) is 2. The molecule has 0 aliphatic rings. The lowest BCUT2D eigenvalue weighted by Crippen LogP contribution is -2.10. The number of benzene rings is 1. The number of aromatic carboxylic acids is 1. The Morgan fingerprint density at radius 3 is 2.80 bits per heavy atom. The van der Waals surface area contributed by atoms with E-state index in [0.717, 1.165) is 0 Å².